The van der Waals surface area contributed by atoms with E-state index >= 15 is 0 Å². The van der Waals surface area contributed by atoms with Gasteiger partial charge in [0, 0.05) is 0 Å². The van der Waals surface area contributed by atoms with Gasteiger partial charge in [-0.3, -0.25) is 0 Å². The molecule has 1 atom stereocenters. The van der Waals surface area contributed by atoms with E-state index in [0.717, 1.165) is 12.1 Å². The third kappa shape index (κ3) is 3.73. The molecule has 0 saturated carbocycles. The van der Waals surface area contributed by atoms with Crippen LogP contribution in [-0.4, -0.2) is 11.7 Å². The standard InChI is InChI=1S/C15H11F5O2/c16-14(17)22-10-6-7-11(12(8-10)15(18,19)20)13(21)9-4-2-1-3-5-9/h1-8,13-14,21H. The van der Waals surface area contributed by atoms with Gasteiger partial charge in [-0.2, -0.15) is 22.0 Å². The lowest BCUT2D eigenvalue weighted by Gasteiger charge is -2.19. The van der Waals surface area contributed by atoms with Crippen molar-refractivity contribution in [2.45, 2.75) is 18.9 Å². The molecule has 0 aliphatic heterocycles. The summed E-state index contributed by atoms with van der Waals surface area (Å²) in [6, 6.07) is 10.1. The molecule has 0 heterocycles. The molecule has 0 amide bonds. The zero-order valence-corrected chi connectivity index (χ0v) is 11.0. The number of hydrogen-bond donors (Lipinski definition) is 1. The highest BCUT2D eigenvalue weighted by atomic mass is 19.4. The summed E-state index contributed by atoms with van der Waals surface area (Å²) in [7, 11) is 0. The fraction of sp³-hybridized carbons (Fsp3) is 0.200. The molecule has 0 fully saturated rings. The van der Waals surface area contributed by atoms with Crippen LogP contribution < -0.4 is 4.74 Å². The molecule has 22 heavy (non-hydrogen) atoms. The van der Waals surface area contributed by atoms with Crippen LogP contribution in [0.25, 0.3) is 0 Å². The number of alkyl halides is 5. The van der Waals surface area contributed by atoms with Gasteiger partial charge in [0.15, 0.2) is 0 Å². The highest BCUT2D eigenvalue weighted by Gasteiger charge is 2.36. The lowest BCUT2D eigenvalue weighted by atomic mass is 9.96. The second kappa shape index (κ2) is 6.31. The van der Waals surface area contributed by atoms with Crippen LogP contribution in [0.3, 0.4) is 0 Å². The van der Waals surface area contributed by atoms with Gasteiger partial charge in [0.05, 0.1) is 5.56 Å². The predicted octanol–water partition coefficient (Wildman–Crippen LogP) is 4.39. The maximum absolute atomic E-state index is 13.1. The van der Waals surface area contributed by atoms with Gasteiger partial charge in [-0.25, -0.2) is 0 Å². The molecule has 0 spiro atoms. The first-order valence-corrected chi connectivity index (χ1v) is 6.18. The second-order valence-corrected chi connectivity index (χ2v) is 4.44. The summed E-state index contributed by atoms with van der Waals surface area (Å²) >= 11 is 0. The van der Waals surface area contributed by atoms with Crippen LogP contribution in [0.5, 0.6) is 5.75 Å². The third-order valence-electron chi connectivity index (χ3n) is 2.97. The number of rotatable bonds is 4. The van der Waals surface area contributed by atoms with Crippen molar-refractivity contribution >= 4 is 0 Å². The van der Waals surface area contributed by atoms with Gasteiger partial charge < -0.3 is 9.84 Å². The average molecular weight is 318 g/mol. The Morgan fingerprint density at radius 1 is 0.955 bits per heavy atom. The Kier molecular flexibility index (Phi) is 4.65. The van der Waals surface area contributed by atoms with Gasteiger partial charge in [0.1, 0.15) is 11.9 Å². The molecule has 2 aromatic rings. The molecular formula is C15H11F5O2. The quantitative estimate of drug-likeness (QED) is 0.847. The molecule has 0 radical (unpaired) electrons. The molecule has 1 N–H and O–H groups in total. The number of aliphatic hydroxyl groups excluding tert-OH is 1. The highest BCUT2D eigenvalue weighted by molar-refractivity contribution is 5.42. The Bertz CT molecular complexity index is 626. The largest absolute Gasteiger partial charge is 0.435 e. The lowest BCUT2D eigenvalue weighted by Crippen LogP contribution is -2.14. The van der Waals surface area contributed by atoms with Crippen LogP contribution in [0.2, 0.25) is 0 Å². The molecule has 0 bridgehead atoms. The van der Waals surface area contributed by atoms with Crippen LogP contribution in [0.1, 0.15) is 22.8 Å². The van der Waals surface area contributed by atoms with E-state index < -0.39 is 35.8 Å². The van der Waals surface area contributed by atoms with Crippen molar-refractivity contribution in [3.8, 4) is 5.75 Å². The minimum atomic E-state index is -4.81. The molecule has 0 aromatic heterocycles. The fourth-order valence-corrected chi connectivity index (χ4v) is 2.01. The normalized spacial score (nSPS) is 13.2. The van der Waals surface area contributed by atoms with Crippen molar-refractivity contribution in [2.75, 3.05) is 0 Å². The third-order valence-corrected chi connectivity index (χ3v) is 2.97. The summed E-state index contributed by atoms with van der Waals surface area (Å²) in [6.45, 7) is -3.23. The molecule has 118 valence electrons. The predicted molar refractivity (Wildman–Crippen MR) is 68.6 cm³/mol. The fourth-order valence-electron chi connectivity index (χ4n) is 2.01. The Balaban J connectivity index is 2.46. The zero-order chi connectivity index (χ0) is 16.3. The minimum Gasteiger partial charge on any atom is -0.435 e. The summed E-state index contributed by atoms with van der Waals surface area (Å²) in [4.78, 5) is 0. The van der Waals surface area contributed by atoms with E-state index in [1.165, 1.54) is 12.1 Å². The molecule has 0 saturated heterocycles. The van der Waals surface area contributed by atoms with Gasteiger partial charge in [-0.1, -0.05) is 36.4 Å². The van der Waals surface area contributed by atoms with E-state index in [0.29, 0.717) is 6.07 Å². The average Bonchev–Trinajstić information content (AvgIpc) is 2.46. The SMILES string of the molecule is OC(c1ccccc1)c1ccc(OC(F)F)cc1C(F)(F)F. The molecule has 2 rings (SSSR count). The number of halogens is 5. The van der Waals surface area contributed by atoms with Crippen molar-refractivity contribution in [1.82, 2.24) is 0 Å². The van der Waals surface area contributed by atoms with Gasteiger partial charge in [0.25, 0.3) is 0 Å². The Morgan fingerprint density at radius 2 is 1.59 bits per heavy atom. The van der Waals surface area contributed by atoms with E-state index in [-0.39, 0.29) is 5.56 Å². The lowest BCUT2D eigenvalue weighted by molar-refractivity contribution is -0.139. The minimum absolute atomic E-state index is 0.260. The van der Waals surface area contributed by atoms with Gasteiger partial charge in [-0.15, -0.1) is 0 Å². The van der Waals surface area contributed by atoms with Crippen molar-refractivity contribution in [1.29, 1.82) is 0 Å². The monoisotopic (exact) mass is 318 g/mol. The Hall–Kier alpha value is -2.15. The maximum Gasteiger partial charge on any atom is 0.416 e. The van der Waals surface area contributed by atoms with Crippen LogP contribution in [0.4, 0.5) is 22.0 Å². The summed E-state index contributed by atoms with van der Waals surface area (Å²) in [5.74, 6) is -0.619. The smallest absolute Gasteiger partial charge is 0.416 e. The number of hydrogen-bond acceptors (Lipinski definition) is 2. The van der Waals surface area contributed by atoms with Crippen LogP contribution in [0, 0.1) is 0 Å². The van der Waals surface area contributed by atoms with E-state index in [2.05, 4.69) is 4.74 Å². The van der Waals surface area contributed by atoms with Gasteiger partial charge in [0.2, 0.25) is 0 Å². The first-order valence-electron chi connectivity index (χ1n) is 6.18. The Morgan fingerprint density at radius 3 is 2.14 bits per heavy atom. The summed E-state index contributed by atoms with van der Waals surface area (Å²) < 4.78 is 67.5. The number of benzene rings is 2. The van der Waals surface area contributed by atoms with Crippen molar-refractivity contribution in [3.63, 3.8) is 0 Å². The van der Waals surface area contributed by atoms with Crippen LogP contribution in [0.15, 0.2) is 48.5 Å². The summed E-state index contributed by atoms with van der Waals surface area (Å²) in [5, 5.41) is 10.1. The topological polar surface area (TPSA) is 29.5 Å². The summed E-state index contributed by atoms with van der Waals surface area (Å²) in [6.07, 6.45) is -6.34. The zero-order valence-electron chi connectivity index (χ0n) is 11.0. The molecule has 7 heteroatoms. The van der Waals surface area contributed by atoms with Crippen LogP contribution in [-0.2, 0) is 6.18 Å². The first-order chi connectivity index (χ1) is 10.3. The maximum atomic E-state index is 13.1. The molecule has 1 unspecified atom stereocenters. The number of aliphatic hydroxyl groups is 1. The molecular weight excluding hydrogens is 307 g/mol. The van der Waals surface area contributed by atoms with E-state index in [4.69, 9.17) is 0 Å². The number of ether oxygens (including phenoxy) is 1. The van der Waals surface area contributed by atoms with Crippen LogP contribution >= 0.6 is 0 Å². The van der Waals surface area contributed by atoms with E-state index in [1.807, 2.05) is 0 Å². The molecule has 0 aliphatic rings. The van der Waals surface area contributed by atoms with E-state index in [9.17, 15) is 27.1 Å². The van der Waals surface area contributed by atoms with Crippen molar-refractivity contribution < 1.29 is 31.8 Å². The van der Waals surface area contributed by atoms with Crippen molar-refractivity contribution in [3.05, 3.63) is 65.2 Å². The molecule has 0 aliphatic carbocycles. The van der Waals surface area contributed by atoms with Gasteiger partial charge >= 0.3 is 12.8 Å². The highest BCUT2D eigenvalue weighted by Crippen LogP contribution is 2.38. The molecule has 2 nitrogen and oxygen atoms in total. The van der Waals surface area contributed by atoms with Crippen molar-refractivity contribution in [2.24, 2.45) is 0 Å². The second-order valence-electron chi connectivity index (χ2n) is 4.44. The van der Waals surface area contributed by atoms with Gasteiger partial charge in [-0.05, 0) is 23.3 Å². The van der Waals surface area contributed by atoms with E-state index in [1.54, 1.807) is 18.2 Å². The summed E-state index contributed by atoms with van der Waals surface area (Å²) in [5.41, 5.74) is -1.39. The first kappa shape index (κ1) is 16.2. The Labute approximate surface area is 122 Å². The molecule has 2 aromatic carbocycles.